The van der Waals surface area contributed by atoms with E-state index in [1.807, 2.05) is 61.1 Å². The lowest BCUT2D eigenvalue weighted by molar-refractivity contribution is -0.163. The maximum absolute atomic E-state index is 12.6. The monoisotopic (exact) mass is 485 g/mol. The first-order valence-corrected chi connectivity index (χ1v) is 12.5. The Hall–Kier alpha value is -3.67. The zero-order valence-electron chi connectivity index (χ0n) is 22.0. The van der Waals surface area contributed by atoms with Gasteiger partial charge in [-0.3, -0.25) is 14.5 Å². The second kappa shape index (κ2) is 10.5. The molecule has 4 rings (SSSR count). The number of carbonyl (C=O) groups excluding carboxylic acids is 1. The molecule has 1 aromatic heterocycles. The van der Waals surface area contributed by atoms with Crippen LogP contribution in [0.25, 0.3) is 11.3 Å². The van der Waals surface area contributed by atoms with Gasteiger partial charge in [0.25, 0.3) is 0 Å². The third-order valence-electron chi connectivity index (χ3n) is 6.11. The predicted octanol–water partition coefficient (Wildman–Crippen LogP) is 5.98. The molecule has 2 atom stereocenters. The van der Waals surface area contributed by atoms with Gasteiger partial charge in [0.05, 0.1) is 12.1 Å². The summed E-state index contributed by atoms with van der Waals surface area (Å²) in [7, 11) is 0. The second-order valence-corrected chi connectivity index (χ2v) is 10.1. The van der Waals surface area contributed by atoms with Crippen LogP contribution in [0, 0.1) is 6.92 Å². The van der Waals surface area contributed by atoms with E-state index < -0.39 is 6.29 Å². The van der Waals surface area contributed by atoms with Gasteiger partial charge in [-0.1, -0.05) is 75.4 Å². The summed E-state index contributed by atoms with van der Waals surface area (Å²) < 4.78 is 14.0. The Balaban J connectivity index is 1.69. The summed E-state index contributed by atoms with van der Waals surface area (Å²) >= 11 is 0. The van der Waals surface area contributed by atoms with Gasteiger partial charge in [0.15, 0.2) is 5.76 Å². The number of hydrogen-bond acceptors (Lipinski definition) is 5. The molecule has 1 aliphatic heterocycles. The molecule has 0 saturated heterocycles. The van der Waals surface area contributed by atoms with Crippen LogP contribution < -0.4 is 0 Å². The quantitative estimate of drug-likeness (QED) is 0.212. The number of aryl methyl sites for hydroxylation is 2. The maximum atomic E-state index is 12.6. The normalized spacial score (nSPS) is 16.3. The van der Waals surface area contributed by atoms with Crippen molar-refractivity contribution >= 4 is 23.5 Å². The van der Waals surface area contributed by atoms with Gasteiger partial charge in [-0.25, -0.2) is 0 Å². The van der Waals surface area contributed by atoms with Crippen LogP contribution in [0.15, 0.2) is 65.7 Å². The zero-order valence-corrected chi connectivity index (χ0v) is 22.0. The maximum Gasteiger partial charge on any atom is 0.313 e. The third-order valence-corrected chi connectivity index (χ3v) is 6.11. The van der Waals surface area contributed by atoms with Crippen molar-refractivity contribution in [2.75, 3.05) is 0 Å². The van der Waals surface area contributed by atoms with E-state index >= 15 is 0 Å². The van der Waals surface area contributed by atoms with Gasteiger partial charge in [-0.2, -0.15) is 5.10 Å². The highest BCUT2D eigenvalue weighted by atomic mass is 16.7. The highest BCUT2D eigenvalue weighted by molar-refractivity contribution is 6.03. The molecular formula is C30H35N3O3. The summed E-state index contributed by atoms with van der Waals surface area (Å²) in [4.78, 5) is 17.1. The number of aliphatic imine (C=N–C) groups is 1. The van der Waals surface area contributed by atoms with Gasteiger partial charge in [0.2, 0.25) is 6.29 Å². The van der Waals surface area contributed by atoms with Gasteiger partial charge in [-0.15, -0.1) is 0 Å². The Morgan fingerprint density at radius 1 is 1.06 bits per heavy atom. The number of nitrogens with zero attached hydrogens (tertiary/aromatic N) is 3. The van der Waals surface area contributed by atoms with Crippen LogP contribution >= 0.6 is 0 Å². The van der Waals surface area contributed by atoms with E-state index in [0.717, 1.165) is 28.1 Å². The van der Waals surface area contributed by atoms with Crippen LogP contribution in [-0.4, -0.2) is 34.3 Å². The first kappa shape index (κ1) is 25.4. The molecular weight excluding hydrogens is 450 g/mol. The molecule has 0 saturated carbocycles. The zero-order chi connectivity index (χ0) is 25.9. The fourth-order valence-electron chi connectivity index (χ4n) is 4.19. The molecule has 0 aliphatic carbocycles. The van der Waals surface area contributed by atoms with E-state index in [1.54, 1.807) is 6.92 Å². The topological polar surface area (TPSA) is 65.7 Å². The molecule has 2 heterocycles. The third kappa shape index (κ3) is 6.11. The fraction of sp³-hybridized carbons (Fsp3) is 0.367. The van der Waals surface area contributed by atoms with E-state index in [9.17, 15) is 4.79 Å². The molecule has 0 spiro atoms. The molecule has 3 aromatic rings. The van der Waals surface area contributed by atoms with Crippen molar-refractivity contribution in [1.29, 1.82) is 0 Å². The number of carbonyl (C=O) groups is 1. The van der Waals surface area contributed by atoms with Gasteiger partial charge in [0.1, 0.15) is 11.7 Å². The Morgan fingerprint density at radius 2 is 1.72 bits per heavy atom. The summed E-state index contributed by atoms with van der Waals surface area (Å²) in [5, 5.41) is 4.63. The lowest BCUT2D eigenvalue weighted by atomic mass is 9.86. The van der Waals surface area contributed by atoms with Crippen LogP contribution in [-0.2, 0) is 32.6 Å². The van der Waals surface area contributed by atoms with Crippen molar-refractivity contribution in [3.8, 4) is 0 Å². The summed E-state index contributed by atoms with van der Waals surface area (Å²) in [6.45, 7) is 13.0. The Labute approximate surface area is 213 Å². The van der Waals surface area contributed by atoms with Crippen LogP contribution in [0.5, 0.6) is 0 Å². The molecule has 2 aromatic carbocycles. The summed E-state index contributed by atoms with van der Waals surface area (Å²) in [5.74, 6) is 0.287. The molecule has 0 fully saturated rings. The summed E-state index contributed by atoms with van der Waals surface area (Å²) in [5.41, 5.74) is 5.89. The van der Waals surface area contributed by atoms with E-state index in [-0.39, 0.29) is 23.8 Å². The molecule has 1 aliphatic rings. The van der Waals surface area contributed by atoms with Gasteiger partial charge >= 0.3 is 5.97 Å². The number of aromatic nitrogens is 2. The van der Waals surface area contributed by atoms with Crippen LogP contribution in [0.1, 0.15) is 62.7 Å². The SMILES string of the molecule is CCn1nc(C)cc1/C(OC(C)OC(=O)Cc1ccccc1)=C(/c1ccc(C(C)(C)C)cc1)C1C=N1. The molecule has 0 bridgehead atoms. The lowest BCUT2D eigenvalue weighted by Gasteiger charge is -2.23. The van der Waals surface area contributed by atoms with Gasteiger partial charge < -0.3 is 9.47 Å². The average molecular weight is 486 g/mol. The molecule has 0 amide bonds. The van der Waals surface area contributed by atoms with Crippen LogP contribution in [0.4, 0.5) is 0 Å². The van der Waals surface area contributed by atoms with Crippen LogP contribution in [0.2, 0.25) is 0 Å². The minimum atomic E-state index is -0.792. The molecule has 6 nitrogen and oxygen atoms in total. The number of benzene rings is 2. The lowest BCUT2D eigenvalue weighted by Crippen LogP contribution is -2.21. The summed E-state index contributed by atoms with van der Waals surface area (Å²) in [6, 6.07) is 20.0. The minimum Gasteiger partial charge on any atom is -0.452 e. The van der Waals surface area contributed by atoms with Crippen molar-refractivity contribution < 1.29 is 14.3 Å². The van der Waals surface area contributed by atoms with Gasteiger partial charge in [-0.05, 0) is 42.0 Å². The van der Waals surface area contributed by atoms with E-state index in [1.165, 1.54) is 5.56 Å². The average Bonchev–Trinajstić information content (AvgIpc) is 3.59. The molecule has 0 N–H and O–H groups in total. The Morgan fingerprint density at radius 3 is 2.31 bits per heavy atom. The molecule has 2 unspecified atom stereocenters. The first-order valence-electron chi connectivity index (χ1n) is 12.5. The molecule has 188 valence electrons. The summed E-state index contributed by atoms with van der Waals surface area (Å²) in [6.07, 6.45) is 1.30. The largest absolute Gasteiger partial charge is 0.452 e. The molecule has 6 heteroatoms. The van der Waals surface area contributed by atoms with E-state index in [2.05, 4.69) is 55.1 Å². The Kier molecular flexibility index (Phi) is 7.43. The van der Waals surface area contributed by atoms with Crippen molar-refractivity contribution in [3.63, 3.8) is 0 Å². The smallest absolute Gasteiger partial charge is 0.313 e. The fourth-order valence-corrected chi connectivity index (χ4v) is 4.19. The second-order valence-electron chi connectivity index (χ2n) is 10.1. The van der Waals surface area contributed by atoms with Crippen molar-refractivity contribution in [1.82, 2.24) is 9.78 Å². The number of hydrogen-bond donors (Lipinski definition) is 0. The van der Waals surface area contributed by atoms with Gasteiger partial charge in [0, 0.05) is 25.3 Å². The van der Waals surface area contributed by atoms with E-state index in [4.69, 9.17) is 9.47 Å². The van der Waals surface area contributed by atoms with Crippen molar-refractivity contribution in [2.45, 2.75) is 72.3 Å². The van der Waals surface area contributed by atoms with Crippen molar-refractivity contribution in [3.05, 3.63) is 88.7 Å². The van der Waals surface area contributed by atoms with E-state index in [0.29, 0.717) is 12.3 Å². The minimum absolute atomic E-state index is 0.0528. The number of esters is 1. The van der Waals surface area contributed by atoms with Crippen molar-refractivity contribution in [2.24, 2.45) is 4.99 Å². The molecule has 0 radical (unpaired) electrons. The number of ether oxygens (including phenoxy) is 2. The highest BCUT2D eigenvalue weighted by Gasteiger charge is 2.30. The Bertz CT molecular complexity index is 1260. The van der Waals surface area contributed by atoms with Crippen LogP contribution in [0.3, 0.4) is 0 Å². The predicted molar refractivity (Wildman–Crippen MR) is 144 cm³/mol. The highest BCUT2D eigenvalue weighted by Crippen LogP contribution is 2.36. The standard InChI is InChI=1S/C30H35N3O3/c1-7-33-26(17-20(2)32-33)29(36-21(3)35-27(34)18-22-11-9-8-10-12-22)28(25-19-31-25)23-13-15-24(16-14-23)30(4,5)6/h8-17,19,21,25H,7,18H2,1-6H3/b29-28+. The first-order chi connectivity index (χ1) is 17.2. The number of rotatable bonds is 9. The molecule has 36 heavy (non-hydrogen) atoms.